The number of nitrogens with zero attached hydrogens (tertiary/aromatic N) is 1. The Kier molecular flexibility index (Phi) is 6.78. The van der Waals surface area contributed by atoms with Crippen LogP contribution in [0.15, 0.2) is 45.8 Å². The Labute approximate surface area is 184 Å². The van der Waals surface area contributed by atoms with E-state index in [0.717, 1.165) is 4.90 Å². The highest BCUT2D eigenvalue weighted by atomic mass is 79.9. The smallest absolute Gasteiger partial charge is 0.294 e. The molecule has 0 atom stereocenters. The average Bonchev–Trinajstić information content (AvgIpc) is 2.95. The summed E-state index contributed by atoms with van der Waals surface area (Å²) in [6, 6.07) is 8.26. The van der Waals surface area contributed by atoms with Crippen LogP contribution in [-0.4, -0.2) is 40.2 Å². The van der Waals surface area contributed by atoms with Crippen LogP contribution >= 0.6 is 27.7 Å². The SMILES string of the molecule is CCOc1cc(Br)cc(/C=C2\SC(=O)N(CC(=O)Nc3ccc(F)cc3)C2=O)c1O. The first-order chi connectivity index (χ1) is 14.3. The highest BCUT2D eigenvalue weighted by Crippen LogP contribution is 2.38. The second-order valence-electron chi connectivity index (χ2n) is 6.10. The molecular weight excluding hydrogens is 479 g/mol. The van der Waals surface area contributed by atoms with Gasteiger partial charge in [-0.05, 0) is 61.2 Å². The van der Waals surface area contributed by atoms with Crippen LogP contribution in [0.1, 0.15) is 12.5 Å². The lowest BCUT2D eigenvalue weighted by molar-refractivity contribution is -0.127. The maximum absolute atomic E-state index is 12.9. The van der Waals surface area contributed by atoms with E-state index in [9.17, 15) is 23.9 Å². The fourth-order valence-corrected chi connectivity index (χ4v) is 3.91. The molecule has 1 saturated heterocycles. The van der Waals surface area contributed by atoms with Crippen LogP contribution < -0.4 is 10.1 Å². The lowest BCUT2D eigenvalue weighted by atomic mass is 10.1. The Morgan fingerprint density at radius 1 is 1.30 bits per heavy atom. The van der Waals surface area contributed by atoms with Crippen molar-refractivity contribution < 1.29 is 28.6 Å². The predicted octanol–water partition coefficient (Wildman–Crippen LogP) is 4.37. The fourth-order valence-electron chi connectivity index (χ4n) is 2.62. The van der Waals surface area contributed by atoms with Gasteiger partial charge in [0.1, 0.15) is 12.4 Å². The summed E-state index contributed by atoms with van der Waals surface area (Å²) in [5.74, 6) is -1.64. The lowest BCUT2D eigenvalue weighted by Gasteiger charge is -2.12. The zero-order chi connectivity index (χ0) is 21.8. The Morgan fingerprint density at radius 3 is 2.67 bits per heavy atom. The van der Waals surface area contributed by atoms with Crippen LogP contribution in [0.3, 0.4) is 0 Å². The van der Waals surface area contributed by atoms with Gasteiger partial charge >= 0.3 is 0 Å². The number of aromatic hydroxyl groups is 1. The van der Waals surface area contributed by atoms with Crippen molar-refractivity contribution in [3.05, 3.63) is 57.2 Å². The monoisotopic (exact) mass is 494 g/mol. The summed E-state index contributed by atoms with van der Waals surface area (Å²) < 4.78 is 18.9. The molecule has 2 aromatic carbocycles. The van der Waals surface area contributed by atoms with Crippen molar-refractivity contribution in [2.75, 3.05) is 18.5 Å². The molecule has 1 aliphatic rings. The molecule has 0 bridgehead atoms. The molecule has 7 nitrogen and oxygen atoms in total. The van der Waals surface area contributed by atoms with Gasteiger partial charge in [-0.15, -0.1) is 0 Å². The summed E-state index contributed by atoms with van der Waals surface area (Å²) in [4.78, 5) is 37.9. The zero-order valence-corrected chi connectivity index (χ0v) is 18.0. The third-order valence-electron chi connectivity index (χ3n) is 3.96. The van der Waals surface area contributed by atoms with Crippen LogP contribution in [0.25, 0.3) is 6.08 Å². The number of phenols is 1. The summed E-state index contributed by atoms with van der Waals surface area (Å²) in [5, 5.41) is 12.2. The first kappa shape index (κ1) is 21.8. The molecule has 0 spiro atoms. The molecular formula is C20H16BrFN2O5S. The summed E-state index contributed by atoms with van der Waals surface area (Å²) in [6.45, 7) is 1.61. The van der Waals surface area contributed by atoms with E-state index >= 15 is 0 Å². The van der Waals surface area contributed by atoms with Gasteiger partial charge in [0.15, 0.2) is 11.5 Å². The molecule has 156 valence electrons. The number of carbonyl (C=O) groups excluding carboxylic acids is 3. The lowest BCUT2D eigenvalue weighted by Crippen LogP contribution is -2.36. The van der Waals surface area contributed by atoms with Crippen LogP contribution in [-0.2, 0) is 9.59 Å². The average molecular weight is 495 g/mol. The van der Waals surface area contributed by atoms with E-state index in [1.54, 1.807) is 19.1 Å². The number of halogens is 2. The van der Waals surface area contributed by atoms with Gasteiger partial charge in [-0.2, -0.15) is 0 Å². The van der Waals surface area contributed by atoms with E-state index < -0.39 is 29.4 Å². The van der Waals surface area contributed by atoms with E-state index in [2.05, 4.69) is 21.2 Å². The summed E-state index contributed by atoms with van der Waals surface area (Å²) in [6.07, 6.45) is 1.37. The van der Waals surface area contributed by atoms with E-state index in [0.29, 0.717) is 28.5 Å². The number of nitrogens with one attached hydrogen (secondary N) is 1. The van der Waals surface area contributed by atoms with Gasteiger partial charge in [0.05, 0.1) is 11.5 Å². The molecule has 1 fully saturated rings. The quantitative estimate of drug-likeness (QED) is 0.578. The van der Waals surface area contributed by atoms with Crippen molar-refractivity contribution >= 4 is 56.5 Å². The van der Waals surface area contributed by atoms with Crippen molar-refractivity contribution in [1.82, 2.24) is 4.90 Å². The summed E-state index contributed by atoms with van der Waals surface area (Å²) >= 11 is 3.97. The molecule has 30 heavy (non-hydrogen) atoms. The first-order valence-corrected chi connectivity index (χ1v) is 10.4. The van der Waals surface area contributed by atoms with Crippen molar-refractivity contribution in [1.29, 1.82) is 0 Å². The van der Waals surface area contributed by atoms with Crippen molar-refractivity contribution in [2.45, 2.75) is 6.92 Å². The molecule has 1 heterocycles. The summed E-state index contributed by atoms with van der Waals surface area (Å²) in [7, 11) is 0. The molecule has 0 saturated carbocycles. The number of benzene rings is 2. The number of amides is 3. The van der Waals surface area contributed by atoms with Crippen molar-refractivity contribution in [3.8, 4) is 11.5 Å². The Balaban J connectivity index is 1.76. The minimum absolute atomic E-state index is 0.0606. The Hall–Kier alpha value is -2.85. The second-order valence-corrected chi connectivity index (χ2v) is 8.01. The standard InChI is InChI=1S/C20H16BrFN2O5S/c1-2-29-15-9-12(21)7-11(18(15)26)8-16-19(27)24(20(28)30-16)10-17(25)23-14-5-3-13(22)4-6-14/h3-9,26H,2,10H2,1H3,(H,23,25)/b16-8-. The van der Waals surface area contributed by atoms with Gasteiger partial charge < -0.3 is 15.2 Å². The maximum Gasteiger partial charge on any atom is 0.294 e. The minimum atomic E-state index is -0.656. The van der Waals surface area contributed by atoms with Crippen molar-refractivity contribution in [2.24, 2.45) is 0 Å². The molecule has 3 rings (SSSR count). The zero-order valence-electron chi connectivity index (χ0n) is 15.6. The molecule has 1 aliphatic heterocycles. The number of thioether (sulfide) groups is 1. The second kappa shape index (κ2) is 9.31. The van der Waals surface area contributed by atoms with Crippen molar-refractivity contribution in [3.63, 3.8) is 0 Å². The number of hydrogen-bond donors (Lipinski definition) is 2. The third-order valence-corrected chi connectivity index (χ3v) is 5.32. The van der Waals surface area contributed by atoms with Gasteiger partial charge in [0.2, 0.25) is 5.91 Å². The third kappa shape index (κ3) is 5.00. The Morgan fingerprint density at radius 2 is 2.00 bits per heavy atom. The number of hydrogen-bond acceptors (Lipinski definition) is 6. The molecule has 2 N–H and O–H groups in total. The molecule has 10 heteroatoms. The van der Waals surface area contributed by atoms with E-state index in [1.807, 2.05) is 0 Å². The van der Waals surface area contributed by atoms with Gasteiger partial charge in [-0.1, -0.05) is 15.9 Å². The number of rotatable bonds is 6. The first-order valence-electron chi connectivity index (χ1n) is 8.74. The molecule has 0 radical (unpaired) electrons. The van der Waals surface area contributed by atoms with Gasteiger partial charge in [0, 0.05) is 15.7 Å². The van der Waals surface area contributed by atoms with Gasteiger partial charge in [-0.3, -0.25) is 19.3 Å². The van der Waals surface area contributed by atoms with Crippen LogP contribution in [0, 0.1) is 5.82 Å². The van der Waals surface area contributed by atoms with Gasteiger partial charge in [0.25, 0.3) is 11.1 Å². The molecule has 3 amide bonds. The number of carbonyl (C=O) groups is 3. The fraction of sp³-hybridized carbons (Fsp3) is 0.150. The molecule has 0 aromatic heterocycles. The topological polar surface area (TPSA) is 95.9 Å². The molecule has 2 aromatic rings. The highest BCUT2D eigenvalue weighted by molar-refractivity contribution is 9.10. The number of phenolic OH excluding ortho intramolecular Hbond substituents is 1. The normalized spacial score (nSPS) is 15.0. The predicted molar refractivity (Wildman–Crippen MR) is 115 cm³/mol. The van der Waals surface area contributed by atoms with Gasteiger partial charge in [-0.25, -0.2) is 4.39 Å². The number of imide groups is 1. The van der Waals surface area contributed by atoms with Crippen LogP contribution in [0.2, 0.25) is 0 Å². The highest BCUT2D eigenvalue weighted by Gasteiger charge is 2.36. The Bertz CT molecular complexity index is 1040. The van der Waals surface area contributed by atoms with Crippen LogP contribution in [0.4, 0.5) is 14.9 Å². The van der Waals surface area contributed by atoms with E-state index in [4.69, 9.17) is 4.74 Å². The largest absolute Gasteiger partial charge is 0.504 e. The number of ether oxygens (including phenoxy) is 1. The molecule has 0 aliphatic carbocycles. The number of anilines is 1. The van der Waals surface area contributed by atoms with E-state index in [1.165, 1.54) is 30.3 Å². The van der Waals surface area contributed by atoms with Crippen LogP contribution in [0.5, 0.6) is 11.5 Å². The minimum Gasteiger partial charge on any atom is -0.504 e. The van der Waals surface area contributed by atoms with E-state index in [-0.39, 0.29) is 22.0 Å². The maximum atomic E-state index is 12.9. The summed E-state index contributed by atoms with van der Waals surface area (Å²) in [5.41, 5.74) is 0.625. The molecule has 0 unspecified atom stereocenters.